The minimum Gasteiger partial charge on any atom is -0.0885 e. The first-order chi connectivity index (χ1) is 12.7. The average molecular weight is 365 g/mol. The van der Waals surface area contributed by atoms with E-state index in [1.54, 1.807) is 0 Å². The fourth-order valence-electron chi connectivity index (χ4n) is 4.01. The van der Waals surface area contributed by atoms with E-state index in [1.807, 2.05) is 0 Å². The van der Waals surface area contributed by atoms with Crippen LogP contribution in [0.5, 0.6) is 0 Å². The van der Waals surface area contributed by atoms with Crippen LogP contribution in [-0.4, -0.2) is 0 Å². The summed E-state index contributed by atoms with van der Waals surface area (Å²) in [4.78, 5) is 0. The molecule has 0 aromatic carbocycles. The quantitative estimate of drug-likeness (QED) is 0.149. The van der Waals surface area contributed by atoms with E-state index in [-0.39, 0.29) is 0 Å². The second kappa shape index (κ2) is 21.0. The fraction of sp³-hybridized carbons (Fsp3) is 0.923. The van der Waals surface area contributed by atoms with E-state index in [9.17, 15) is 0 Å². The van der Waals surface area contributed by atoms with Gasteiger partial charge in [-0.2, -0.15) is 0 Å². The second-order valence-corrected chi connectivity index (χ2v) is 9.02. The van der Waals surface area contributed by atoms with Gasteiger partial charge < -0.3 is 0 Å². The molecule has 0 heteroatoms. The first-order valence-corrected chi connectivity index (χ1v) is 12.4. The predicted molar refractivity (Wildman–Crippen MR) is 122 cm³/mol. The Morgan fingerprint density at radius 3 is 1.62 bits per heavy atom. The van der Waals surface area contributed by atoms with Crippen molar-refractivity contribution in [3.63, 3.8) is 0 Å². The lowest BCUT2D eigenvalue weighted by molar-refractivity contribution is 0.373. The molecule has 0 saturated heterocycles. The molecule has 0 aromatic heterocycles. The summed E-state index contributed by atoms with van der Waals surface area (Å²) in [6.07, 6.45) is 30.5. The van der Waals surface area contributed by atoms with Crippen LogP contribution < -0.4 is 0 Å². The van der Waals surface area contributed by atoms with Crippen molar-refractivity contribution in [1.29, 1.82) is 0 Å². The molecule has 0 aliphatic carbocycles. The van der Waals surface area contributed by atoms with Gasteiger partial charge in [-0.15, -0.1) is 0 Å². The lowest BCUT2D eigenvalue weighted by Gasteiger charge is -2.17. The Hall–Kier alpha value is -0.260. The molecule has 0 nitrogen and oxygen atoms in total. The van der Waals surface area contributed by atoms with Crippen molar-refractivity contribution in [3.8, 4) is 0 Å². The van der Waals surface area contributed by atoms with Crippen LogP contribution in [0, 0.1) is 11.8 Å². The second-order valence-electron chi connectivity index (χ2n) is 9.02. The molecular weight excluding hydrogens is 312 g/mol. The normalized spacial score (nSPS) is 13.1. The van der Waals surface area contributed by atoms with Gasteiger partial charge >= 0.3 is 0 Å². The van der Waals surface area contributed by atoms with Crippen molar-refractivity contribution in [2.75, 3.05) is 0 Å². The van der Waals surface area contributed by atoms with E-state index in [2.05, 4.69) is 39.8 Å². The summed E-state index contributed by atoms with van der Waals surface area (Å²) >= 11 is 0. The zero-order chi connectivity index (χ0) is 19.3. The zero-order valence-corrected chi connectivity index (χ0v) is 19.0. The van der Waals surface area contributed by atoms with Crippen LogP contribution in [0.1, 0.15) is 143 Å². The highest BCUT2D eigenvalue weighted by Gasteiger charge is 2.09. The molecule has 0 N–H and O–H groups in total. The van der Waals surface area contributed by atoms with Gasteiger partial charge in [0.15, 0.2) is 0 Å². The van der Waals surface area contributed by atoms with Crippen LogP contribution in [0.2, 0.25) is 0 Å². The largest absolute Gasteiger partial charge is 0.0885 e. The minimum atomic E-state index is 0.848. The average Bonchev–Trinajstić information content (AvgIpc) is 2.61. The summed E-state index contributed by atoms with van der Waals surface area (Å²) < 4.78 is 0. The van der Waals surface area contributed by atoms with Crippen molar-refractivity contribution < 1.29 is 0 Å². The molecule has 0 rings (SSSR count). The zero-order valence-electron chi connectivity index (χ0n) is 19.0. The Morgan fingerprint density at radius 1 is 0.577 bits per heavy atom. The lowest BCUT2D eigenvalue weighted by Crippen LogP contribution is -2.04. The monoisotopic (exact) mass is 364 g/mol. The van der Waals surface area contributed by atoms with E-state index >= 15 is 0 Å². The van der Waals surface area contributed by atoms with Crippen LogP contribution >= 0.6 is 0 Å². The molecular formula is C26H52. The van der Waals surface area contributed by atoms with Crippen molar-refractivity contribution in [2.45, 2.75) is 143 Å². The van der Waals surface area contributed by atoms with E-state index in [0.717, 1.165) is 11.8 Å². The molecule has 0 fully saturated rings. The van der Waals surface area contributed by atoms with Crippen molar-refractivity contribution in [2.24, 2.45) is 11.8 Å². The number of rotatable bonds is 20. The minimum absolute atomic E-state index is 0.848. The highest BCUT2D eigenvalue weighted by molar-refractivity contribution is 4.84. The van der Waals surface area contributed by atoms with E-state index in [1.165, 1.54) is 116 Å². The number of allylic oxidation sites excluding steroid dienone is 2. The molecule has 0 aliphatic rings. The van der Waals surface area contributed by atoms with Gasteiger partial charge in [-0.25, -0.2) is 0 Å². The molecule has 156 valence electrons. The fourth-order valence-corrected chi connectivity index (χ4v) is 4.01. The number of hydrogen-bond acceptors (Lipinski definition) is 0. The molecule has 0 saturated carbocycles. The van der Waals surface area contributed by atoms with Crippen molar-refractivity contribution >= 4 is 0 Å². The molecule has 0 aliphatic heterocycles. The summed E-state index contributed by atoms with van der Waals surface area (Å²) in [6, 6.07) is 0. The van der Waals surface area contributed by atoms with E-state index in [4.69, 9.17) is 0 Å². The molecule has 26 heavy (non-hydrogen) atoms. The third-order valence-electron chi connectivity index (χ3n) is 5.63. The van der Waals surface area contributed by atoms with Gasteiger partial charge in [0.05, 0.1) is 0 Å². The Morgan fingerprint density at radius 2 is 1.08 bits per heavy atom. The van der Waals surface area contributed by atoms with Crippen molar-refractivity contribution in [1.82, 2.24) is 0 Å². The van der Waals surface area contributed by atoms with E-state index in [0.29, 0.717) is 0 Å². The summed E-state index contributed by atoms with van der Waals surface area (Å²) in [6.45, 7) is 9.38. The van der Waals surface area contributed by atoms with Gasteiger partial charge in [0.1, 0.15) is 0 Å². The van der Waals surface area contributed by atoms with Gasteiger partial charge in [0, 0.05) is 0 Å². The van der Waals surface area contributed by atoms with Gasteiger partial charge in [-0.1, -0.05) is 130 Å². The van der Waals surface area contributed by atoms with Gasteiger partial charge in [-0.3, -0.25) is 0 Å². The molecule has 1 unspecified atom stereocenters. The maximum atomic E-state index is 2.50. The highest BCUT2D eigenvalue weighted by Crippen LogP contribution is 2.23. The Bertz CT molecular complexity index is 276. The standard InChI is InChI=1S/C26H52/c1-5-7-9-11-13-15-17-19-21-23-26(24-25(3)4)22-20-18-16-14-12-10-8-6-2/h18,20,25-26H,5-17,19,21-24H2,1-4H3. The van der Waals surface area contributed by atoms with Crippen LogP contribution in [-0.2, 0) is 0 Å². The summed E-state index contributed by atoms with van der Waals surface area (Å²) in [5.74, 6) is 1.77. The first-order valence-electron chi connectivity index (χ1n) is 12.4. The summed E-state index contributed by atoms with van der Waals surface area (Å²) in [5.41, 5.74) is 0. The molecule has 0 heterocycles. The molecule has 0 aromatic rings. The third kappa shape index (κ3) is 20.1. The lowest BCUT2D eigenvalue weighted by atomic mass is 9.89. The molecule has 0 radical (unpaired) electrons. The topological polar surface area (TPSA) is 0 Å². The smallest absolute Gasteiger partial charge is 0.0322 e. The Balaban J connectivity index is 3.68. The van der Waals surface area contributed by atoms with Crippen LogP contribution in [0.15, 0.2) is 12.2 Å². The third-order valence-corrected chi connectivity index (χ3v) is 5.63. The molecule has 0 bridgehead atoms. The maximum absolute atomic E-state index is 2.50. The molecule has 1 atom stereocenters. The maximum Gasteiger partial charge on any atom is -0.0322 e. The molecule has 0 amide bonds. The SMILES string of the molecule is CCCCCCCC=CCC(CCCCCCCCCCC)CC(C)C. The molecule has 0 spiro atoms. The number of hydrogen-bond donors (Lipinski definition) is 0. The Labute approximate surface area is 167 Å². The number of unbranched alkanes of at least 4 members (excludes halogenated alkanes) is 13. The van der Waals surface area contributed by atoms with E-state index < -0.39 is 0 Å². The van der Waals surface area contributed by atoms with Crippen molar-refractivity contribution in [3.05, 3.63) is 12.2 Å². The predicted octanol–water partition coefficient (Wildman–Crippen LogP) is 9.88. The first kappa shape index (κ1) is 25.7. The Kier molecular flexibility index (Phi) is 20.8. The van der Waals surface area contributed by atoms with Crippen LogP contribution in [0.25, 0.3) is 0 Å². The van der Waals surface area contributed by atoms with Gasteiger partial charge in [-0.05, 0) is 37.5 Å². The van der Waals surface area contributed by atoms with Gasteiger partial charge in [0.2, 0.25) is 0 Å². The summed E-state index contributed by atoms with van der Waals surface area (Å²) in [7, 11) is 0. The van der Waals surface area contributed by atoms with Crippen LogP contribution in [0.3, 0.4) is 0 Å². The summed E-state index contributed by atoms with van der Waals surface area (Å²) in [5, 5.41) is 0. The van der Waals surface area contributed by atoms with Gasteiger partial charge in [0.25, 0.3) is 0 Å². The highest BCUT2D eigenvalue weighted by atomic mass is 14.1. The van der Waals surface area contributed by atoms with Crippen LogP contribution in [0.4, 0.5) is 0 Å².